The lowest BCUT2D eigenvalue weighted by Crippen LogP contribution is -2.44. The van der Waals surface area contributed by atoms with Gasteiger partial charge in [0.05, 0.1) is 12.0 Å². The van der Waals surface area contributed by atoms with E-state index in [1.807, 2.05) is 19.1 Å². The van der Waals surface area contributed by atoms with Gasteiger partial charge in [0.15, 0.2) is 14.6 Å². The molecule has 1 heterocycles. The maximum atomic E-state index is 11.9. The molecule has 27 heavy (non-hydrogen) atoms. The van der Waals surface area contributed by atoms with Crippen molar-refractivity contribution in [2.24, 2.45) is 17.8 Å². The van der Waals surface area contributed by atoms with Crippen molar-refractivity contribution in [2.45, 2.75) is 83.9 Å². The monoisotopic (exact) mass is 398 g/mol. The summed E-state index contributed by atoms with van der Waals surface area (Å²) in [6.07, 6.45) is 7.22. The standard InChI is InChI=1S/C21H38O5Si/c1-7-10-15-16(20(22)23)13-18(26-19-11-8-9-12-24-19)17(15)14-25-27(5,6)21(2,3)4/h7,10,15-19H,8-9,11-14H2,1-6H3,(H,22,23)/t15-,16+,17+,18+,19?/m0/s1. The summed E-state index contributed by atoms with van der Waals surface area (Å²) in [6, 6.07) is 0. The topological polar surface area (TPSA) is 65.0 Å². The van der Waals surface area contributed by atoms with Crippen molar-refractivity contribution in [3.05, 3.63) is 12.2 Å². The number of hydrogen-bond donors (Lipinski definition) is 1. The van der Waals surface area contributed by atoms with Gasteiger partial charge in [-0.3, -0.25) is 4.79 Å². The Morgan fingerprint density at radius 2 is 2.00 bits per heavy atom. The fourth-order valence-electron chi connectivity index (χ4n) is 3.80. The van der Waals surface area contributed by atoms with Gasteiger partial charge in [0.1, 0.15) is 0 Å². The van der Waals surface area contributed by atoms with Gasteiger partial charge in [-0.15, -0.1) is 0 Å². The number of hydrogen-bond acceptors (Lipinski definition) is 4. The van der Waals surface area contributed by atoms with Crippen LogP contribution in [-0.4, -0.2) is 45.0 Å². The van der Waals surface area contributed by atoms with Crippen LogP contribution in [0.5, 0.6) is 0 Å². The van der Waals surface area contributed by atoms with E-state index in [0.717, 1.165) is 25.9 Å². The minimum absolute atomic E-state index is 0.0435. The van der Waals surface area contributed by atoms with E-state index in [2.05, 4.69) is 33.9 Å². The number of carbonyl (C=O) groups is 1. The Hall–Kier alpha value is -0.693. The van der Waals surface area contributed by atoms with Gasteiger partial charge in [-0.25, -0.2) is 0 Å². The summed E-state index contributed by atoms with van der Waals surface area (Å²) >= 11 is 0. The van der Waals surface area contributed by atoms with Gasteiger partial charge in [0.2, 0.25) is 0 Å². The number of rotatable bonds is 7. The van der Waals surface area contributed by atoms with Crippen molar-refractivity contribution < 1.29 is 23.8 Å². The molecule has 2 aliphatic rings. The van der Waals surface area contributed by atoms with Crippen molar-refractivity contribution in [3.63, 3.8) is 0 Å². The van der Waals surface area contributed by atoms with E-state index in [9.17, 15) is 9.90 Å². The highest BCUT2D eigenvalue weighted by molar-refractivity contribution is 6.74. The highest BCUT2D eigenvalue weighted by Crippen LogP contribution is 2.43. The van der Waals surface area contributed by atoms with Crippen LogP contribution >= 0.6 is 0 Å². The number of carboxylic acid groups (broad SMARTS) is 1. The maximum absolute atomic E-state index is 11.9. The molecule has 1 aliphatic carbocycles. The Morgan fingerprint density at radius 1 is 1.30 bits per heavy atom. The molecule has 0 radical (unpaired) electrons. The van der Waals surface area contributed by atoms with Crippen molar-refractivity contribution in [1.82, 2.24) is 0 Å². The summed E-state index contributed by atoms with van der Waals surface area (Å²) in [7, 11) is -1.91. The minimum atomic E-state index is -1.91. The highest BCUT2D eigenvalue weighted by atomic mass is 28.4. The van der Waals surface area contributed by atoms with Crippen LogP contribution in [0.15, 0.2) is 12.2 Å². The predicted octanol–water partition coefficient (Wildman–Crippen LogP) is 4.83. The molecule has 1 unspecified atom stereocenters. The number of allylic oxidation sites excluding steroid dienone is 2. The molecule has 0 aromatic heterocycles. The van der Waals surface area contributed by atoms with Crippen LogP contribution < -0.4 is 0 Å². The molecule has 1 aliphatic heterocycles. The van der Waals surface area contributed by atoms with Gasteiger partial charge in [-0.05, 0) is 56.7 Å². The molecule has 0 amide bonds. The van der Waals surface area contributed by atoms with Crippen molar-refractivity contribution >= 4 is 14.3 Å². The van der Waals surface area contributed by atoms with E-state index >= 15 is 0 Å². The zero-order chi connectivity index (χ0) is 20.2. The van der Waals surface area contributed by atoms with Crippen molar-refractivity contribution in [2.75, 3.05) is 13.2 Å². The minimum Gasteiger partial charge on any atom is -0.481 e. The fraction of sp³-hybridized carbons (Fsp3) is 0.857. The van der Waals surface area contributed by atoms with Gasteiger partial charge in [0, 0.05) is 19.1 Å². The quantitative estimate of drug-likeness (QED) is 0.491. The predicted molar refractivity (Wildman–Crippen MR) is 109 cm³/mol. The van der Waals surface area contributed by atoms with E-state index in [1.165, 1.54) is 0 Å². The Bertz CT molecular complexity index is 519. The molecule has 6 heteroatoms. The Morgan fingerprint density at radius 3 is 2.52 bits per heavy atom. The van der Waals surface area contributed by atoms with Gasteiger partial charge in [-0.2, -0.15) is 0 Å². The molecule has 2 rings (SSSR count). The molecule has 5 nitrogen and oxygen atoms in total. The third kappa shape index (κ3) is 5.65. The molecule has 5 atom stereocenters. The molecule has 1 saturated carbocycles. The fourth-order valence-corrected chi connectivity index (χ4v) is 4.84. The number of ether oxygens (including phenoxy) is 2. The Balaban J connectivity index is 2.17. The largest absolute Gasteiger partial charge is 0.481 e. The average Bonchev–Trinajstić information content (AvgIpc) is 2.91. The first-order valence-corrected chi connectivity index (χ1v) is 13.2. The summed E-state index contributed by atoms with van der Waals surface area (Å²) in [6.45, 7) is 14.4. The van der Waals surface area contributed by atoms with Crippen LogP contribution in [0.4, 0.5) is 0 Å². The molecule has 0 aromatic rings. The molecule has 0 spiro atoms. The van der Waals surface area contributed by atoms with Gasteiger partial charge < -0.3 is 19.0 Å². The third-order valence-corrected chi connectivity index (χ3v) is 11.1. The normalized spacial score (nSPS) is 32.9. The highest BCUT2D eigenvalue weighted by Gasteiger charge is 2.48. The first-order chi connectivity index (χ1) is 12.6. The van der Waals surface area contributed by atoms with Crippen LogP contribution in [0.2, 0.25) is 18.1 Å². The van der Waals surface area contributed by atoms with Crippen LogP contribution in [0, 0.1) is 17.8 Å². The second-order valence-electron chi connectivity index (χ2n) is 9.49. The van der Waals surface area contributed by atoms with E-state index in [-0.39, 0.29) is 29.3 Å². The van der Waals surface area contributed by atoms with E-state index in [4.69, 9.17) is 13.9 Å². The summed E-state index contributed by atoms with van der Waals surface area (Å²) in [5, 5.41) is 9.88. The molecule has 0 aromatic carbocycles. The zero-order valence-electron chi connectivity index (χ0n) is 17.9. The maximum Gasteiger partial charge on any atom is 0.307 e. The zero-order valence-corrected chi connectivity index (χ0v) is 18.9. The summed E-state index contributed by atoms with van der Waals surface area (Å²) in [4.78, 5) is 11.9. The van der Waals surface area contributed by atoms with Crippen molar-refractivity contribution in [3.8, 4) is 0 Å². The lowest BCUT2D eigenvalue weighted by atomic mass is 9.89. The summed E-state index contributed by atoms with van der Waals surface area (Å²) in [5.74, 6) is -1.19. The van der Waals surface area contributed by atoms with E-state index < -0.39 is 20.2 Å². The van der Waals surface area contributed by atoms with Crippen molar-refractivity contribution in [1.29, 1.82) is 0 Å². The van der Waals surface area contributed by atoms with E-state index in [0.29, 0.717) is 13.0 Å². The lowest BCUT2D eigenvalue weighted by molar-refractivity contribution is -0.197. The van der Waals surface area contributed by atoms with Crippen LogP contribution in [-0.2, 0) is 18.7 Å². The van der Waals surface area contributed by atoms with E-state index in [1.54, 1.807) is 0 Å². The molecule has 156 valence electrons. The number of carboxylic acids is 1. The molecule has 0 bridgehead atoms. The molecule has 1 saturated heterocycles. The molecular weight excluding hydrogens is 360 g/mol. The summed E-state index contributed by atoms with van der Waals surface area (Å²) < 4.78 is 18.5. The first-order valence-electron chi connectivity index (χ1n) is 10.3. The van der Waals surface area contributed by atoms with Crippen LogP contribution in [0.3, 0.4) is 0 Å². The SMILES string of the molecule is CC=C[C@@H]1[C@@H](CO[Si](C)(C)C(C)(C)C)[C@H](OC2CCCCO2)C[C@H]1C(=O)O. The average molecular weight is 399 g/mol. The van der Waals surface area contributed by atoms with Gasteiger partial charge in [0.25, 0.3) is 0 Å². The summed E-state index contributed by atoms with van der Waals surface area (Å²) in [5.41, 5.74) is 0. The molecule has 1 N–H and O–H groups in total. The Kier molecular flexibility index (Phi) is 7.70. The smallest absolute Gasteiger partial charge is 0.307 e. The van der Waals surface area contributed by atoms with Crippen LogP contribution in [0.1, 0.15) is 53.4 Å². The van der Waals surface area contributed by atoms with Crippen LogP contribution in [0.25, 0.3) is 0 Å². The number of aliphatic carboxylic acids is 1. The first kappa shape index (κ1) is 22.6. The van der Waals surface area contributed by atoms with Gasteiger partial charge >= 0.3 is 5.97 Å². The van der Waals surface area contributed by atoms with Gasteiger partial charge in [-0.1, -0.05) is 32.9 Å². The second-order valence-corrected chi connectivity index (χ2v) is 14.3. The molecule has 2 fully saturated rings. The molecular formula is C21H38O5Si. The lowest BCUT2D eigenvalue weighted by Gasteiger charge is -2.38. The Labute approximate surface area is 165 Å². The second kappa shape index (κ2) is 9.20. The third-order valence-electron chi connectivity index (χ3n) is 6.56.